The second-order valence-corrected chi connectivity index (χ2v) is 8.38. The number of hydrogen-bond donors (Lipinski definition) is 1. The van der Waals surface area contributed by atoms with E-state index in [4.69, 9.17) is 0 Å². The van der Waals surface area contributed by atoms with E-state index in [1.165, 1.54) is 17.4 Å². The van der Waals surface area contributed by atoms with Crippen molar-refractivity contribution < 1.29 is 4.79 Å². The molecule has 0 radical (unpaired) electrons. The quantitative estimate of drug-likeness (QED) is 0.749. The fourth-order valence-electron chi connectivity index (χ4n) is 3.22. The average molecular weight is 387 g/mol. The highest BCUT2D eigenvalue weighted by Crippen LogP contribution is 2.28. The Morgan fingerprint density at radius 3 is 2.73 bits per heavy atom. The molecular formula is C18H18N4O2S2. The van der Waals surface area contributed by atoms with Gasteiger partial charge >= 0.3 is 0 Å². The summed E-state index contributed by atoms with van der Waals surface area (Å²) in [5.74, 6) is 0.933. The number of amides is 1. The van der Waals surface area contributed by atoms with Crippen LogP contribution in [0.25, 0.3) is 10.7 Å². The minimum Gasteiger partial charge on any atom is -0.339 e. The third-order valence-corrected chi connectivity index (χ3v) is 6.21. The van der Waals surface area contributed by atoms with Gasteiger partial charge in [-0.2, -0.15) is 0 Å². The van der Waals surface area contributed by atoms with Gasteiger partial charge in [-0.05, 0) is 25.8 Å². The van der Waals surface area contributed by atoms with Crippen molar-refractivity contribution >= 4 is 28.6 Å². The molecule has 1 aliphatic heterocycles. The van der Waals surface area contributed by atoms with E-state index in [0.29, 0.717) is 24.6 Å². The molecule has 3 aromatic heterocycles. The van der Waals surface area contributed by atoms with Crippen molar-refractivity contribution in [3.8, 4) is 10.7 Å². The standard InChI is InChI=1S/C18H18N4O2S2/c1-11-8-13(10-26-11)18(24)22-5-2-12(3-6-22)16-20-14(9-15(23)21-16)17-19-4-7-25-17/h4,7-10,12H,2-3,5-6H2,1H3,(H,20,21,23). The SMILES string of the molecule is Cc1cc(C(=O)N2CCC(c3nc(-c4nccs4)cc(=O)[nH]3)CC2)cs1. The number of thiophene rings is 1. The third kappa shape index (κ3) is 3.47. The lowest BCUT2D eigenvalue weighted by Gasteiger charge is -2.31. The number of rotatable bonds is 3. The summed E-state index contributed by atoms with van der Waals surface area (Å²) in [6.07, 6.45) is 3.29. The second kappa shape index (κ2) is 7.13. The zero-order chi connectivity index (χ0) is 18.1. The number of thiazole rings is 1. The summed E-state index contributed by atoms with van der Waals surface area (Å²) in [6, 6.07) is 3.43. The fourth-order valence-corrected chi connectivity index (χ4v) is 4.50. The van der Waals surface area contributed by atoms with Gasteiger partial charge in [0.15, 0.2) is 0 Å². The van der Waals surface area contributed by atoms with E-state index in [2.05, 4.69) is 15.0 Å². The lowest BCUT2D eigenvalue weighted by Crippen LogP contribution is -2.38. The van der Waals surface area contributed by atoms with Crippen LogP contribution < -0.4 is 5.56 Å². The molecule has 1 N–H and O–H groups in total. The summed E-state index contributed by atoms with van der Waals surface area (Å²) >= 11 is 3.06. The minimum absolute atomic E-state index is 0.0887. The normalized spacial score (nSPS) is 15.3. The first-order valence-corrected chi connectivity index (χ1v) is 10.2. The van der Waals surface area contributed by atoms with Crippen LogP contribution in [-0.4, -0.2) is 38.8 Å². The first kappa shape index (κ1) is 17.1. The topological polar surface area (TPSA) is 79.0 Å². The maximum absolute atomic E-state index is 12.6. The maximum atomic E-state index is 12.6. The number of likely N-dealkylation sites (tertiary alicyclic amines) is 1. The molecule has 134 valence electrons. The van der Waals surface area contributed by atoms with Crippen LogP contribution in [0.3, 0.4) is 0 Å². The number of nitrogens with one attached hydrogen (secondary N) is 1. The summed E-state index contributed by atoms with van der Waals surface area (Å²) in [6.45, 7) is 3.35. The molecule has 0 spiro atoms. The Kier molecular flexibility index (Phi) is 4.69. The van der Waals surface area contributed by atoms with Crippen molar-refractivity contribution in [3.05, 3.63) is 55.7 Å². The Morgan fingerprint density at radius 2 is 2.08 bits per heavy atom. The minimum atomic E-state index is -0.160. The maximum Gasteiger partial charge on any atom is 0.254 e. The smallest absolute Gasteiger partial charge is 0.254 e. The van der Waals surface area contributed by atoms with Crippen LogP contribution in [0.1, 0.15) is 39.8 Å². The lowest BCUT2D eigenvalue weighted by atomic mass is 9.95. The van der Waals surface area contributed by atoms with Crippen LogP contribution >= 0.6 is 22.7 Å². The number of carbonyl (C=O) groups is 1. The van der Waals surface area contributed by atoms with Crippen LogP contribution in [0.2, 0.25) is 0 Å². The molecule has 0 unspecified atom stereocenters. The number of aromatic amines is 1. The number of H-pyrrole nitrogens is 1. The second-order valence-electron chi connectivity index (χ2n) is 6.37. The molecular weight excluding hydrogens is 368 g/mol. The van der Waals surface area contributed by atoms with Gasteiger partial charge in [0.25, 0.3) is 11.5 Å². The Hall–Kier alpha value is -2.32. The van der Waals surface area contributed by atoms with Gasteiger partial charge in [0, 0.05) is 46.9 Å². The van der Waals surface area contributed by atoms with Gasteiger partial charge in [0.2, 0.25) is 0 Å². The Bertz CT molecular complexity index is 969. The largest absolute Gasteiger partial charge is 0.339 e. The highest BCUT2D eigenvalue weighted by molar-refractivity contribution is 7.13. The van der Waals surface area contributed by atoms with E-state index in [1.54, 1.807) is 17.5 Å². The average Bonchev–Trinajstić information content (AvgIpc) is 3.32. The van der Waals surface area contributed by atoms with Crippen molar-refractivity contribution in [1.29, 1.82) is 0 Å². The molecule has 1 saturated heterocycles. The van der Waals surface area contributed by atoms with Gasteiger partial charge in [0.05, 0.1) is 5.56 Å². The Morgan fingerprint density at radius 1 is 1.27 bits per heavy atom. The summed E-state index contributed by atoms with van der Waals surface area (Å²) in [7, 11) is 0. The highest BCUT2D eigenvalue weighted by atomic mass is 32.1. The summed E-state index contributed by atoms with van der Waals surface area (Å²) in [5, 5.41) is 4.53. The van der Waals surface area contributed by atoms with Crippen molar-refractivity contribution in [2.75, 3.05) is 13.1 Å². The van der Waals surface area contributed by atoms with Crippen LogP contribution in [0.15, 0.2) is 33.9 Å². The number of piperidine rings is 1. The molecule has 26 heavy (non-hydrogen) atoms. The number of aromatic nitrogens is 3. The molecule has 3 aromatic rings. The van der Waals surface area contributed by atoms with Gasteiger partial charge in [-0.25, -0.2) is 9.97 Å². The van der Waals surface area contributed by atoms with Crippen molar-refractivity contribution in [2.24, 2.45) is 0 Å². The zero-order valence-electron chi connectivity index (χ0n) is 14.3. The van der Waals surface area contributed by atoms with Crippen molar-refractivity contribution in [3.63, 3.8) is 0 Å². The monoisotopic (exact) mass is 386 g/mol. The molecule has 1 aliphatic rings. The number of aryl methyl sites for hydroxylation is 1. The third-order valence-electron chi connectivity index (χ3n) is 4.56. The van der Waals surface area contributed by atoms with E-state index in [9.17, 15) is 9.59 Å². The molecule has 8 heteroatoms. The molecule has 6 nitrogen and oxygen atoms in total. The zero-order valence-corrected chi connectivity index (χ0v) is 15.9. The van der Waals surface area contributed by atoms with Gasteiger partial charge in [0.1, 0.15) is 16.5 Å². The molecule has 0 atom stereocenters. The van der Waals surface area contributed by atoms with Gasteiger partial charge < -0.3 is 9.88 Å². The van der Waals surface area contributed by atoms with E-state index in [1.807, 2.05) is 28.7 Å². The first-order valence-electron chi connectivity index (χ1n) is 8.45. The van der Waals surface area contributed by atoms with Crippen LogP contribution in [0.5, 0.6) is 0 Å². The van der Waals surface area contributed by atoms with Gasteiger partial charge in [-0.3, -0.25) is 9.59 Å². The summed E-state index contributed by atoms with van der Waals surface area (Å²) in [5.41, 5.74) is 1.22. The lowest BCUT2D eigenvalue weighted by molar-refractivity contribution is 0.0711. The highest BCUT2D eigenvalue weighted by Gasteiger charge is 2.26. The van der Waals surface area contributed by atoms with Crippen molar-refractivity contribution in [2.45, 2.75) is 25.7 Å². The van der Waals surface area contributed by atoms with Gasteiger partial charge in [-0.1, -0.05) is 0 Å². The predicted octanol–water partition coefficient (Wildman–Crippen LogP) is 3.28. The Labute approximate surface area is 158 Å². The molecule has 1 amide bonds. The van der Waals surface area contributed by atoms with E-state index in [0.717, 1.165) is 28.3 Å². The number of hydrogen-bond acceptors (Lipinski definition) is 6. The molecule has 1 fully saturated rings. The molecule has 0 aliphatic carbocycles. The summed E-state index contributed by atoms with van der Waals surface area (Å²) in [4.78, 5) is 39.4. The first-order chi connectivity index (χ1) is 12.6. The predicted molar refractivity (Wildman–Crippen MR) is 103 cm³/mol. The molecule has 0 bridgehead atoms. The van der Waals surface area contributed by atoms with Crippen LogP contribution in [0, 0.1) is 6.92 Å². The molecule has 0 saturated carbocycles. The van der Waals surface area contributed by atoms with Crippen molar-refractivity contribution in [1.82, 2.24) is 19.9 Å². The number of carbonyl (C=O) groups excluding carboxylic acids is 1. The van der Waals surface area contributed by atoms with E-state index in [-0.39, 0.29) is 17.4 Å². The molecule has 0 aromatic carbocycles. The fraction of sp³-hybridized carbons (Fsp3) is 0.333. The van der Waals surface area contributed by atoms with E-state index < -0.39 is 0 Å². The van der Waals surface area contributed by atoms with E-state index >= 15 is 0 Å². The van der Waals surface area contributed by atoms with Crippen LogP contribution in [0.4, 0.5) is 0 Å². The van der Waals surface area contributed by atoms with Gasteiger partial charge in [-0.15, -0.1) is 22.7 Å². The number of nitrogens with zero attached hydrogens (tertiary/aromatic N) is 3. The Balaban J connectivity index is 1.48. The summed E-state index contributed by atoms with van der Waals surface area (Å²) < 4.78 is 0. The molecule has 4 heterocycles. The molecule has 4 rings (SSSR count). The van der Waals surface area contributed by atoms with Crippen LogP contribution in [-0.2, 0) is 0 Å².